The van der Waals surface area contributed by atoms with Crippen LogP contribution in [0, 0.1) is 20.7 Å². The molecule has 0 aliphatic carbocycles. The molecule has 0 aliphatic rings. The van der Waals surface area contributed by atoms with E-state index in [-0.39, 0.29) is 22.8 Å². The largest absolute Gasteiger partial charge is 0.504 e. The molecule has 0 spiro atoms. The van der Waals surface area contributed by atoms with Crippen LogP contribution in [-0.4, -0.2) is 17.6 Å². The Hall–Kier alpha value is -2.60. The first-order valence-electron chi connectivity index (χ1n) is 7.29. The number of para-hydroxylation sites is 1. The van der Waals surface area contributed by atoms with Gasteiger partial charge in [-0.25, -0.2) is 4.39 Å². The number of aromatic hydroxyl groups is 1. The third kappa shape index (κ3) is 4.70. The molecule has 0 bridgehead atoms. The van der Waals surface area contributed by atoms with Gasteiger partial charge in [0.1, 0.15) is 17.5 Å². The molecule has 25 heavy (non-hydrogen) atoms. The van der Waals surface area contributed by atoms with Gasteiger partial charge in [-0.15, -0.1) is 0 Å². The van der Waals surface area contributed by atoms with Gasteiger partial charge in [-0.1, -0.05) is 12.1 Å². The van der Waals surface area contributed by atoms with Gasteiger partial charge in [0.05, 0.1) is 15.9 Å². The zero-order valence-corrected chi connectivity index (χ0v) is 15.4. The van der Waals surface area contributed by atoms with E-state index >= 15 is 0 Å². The Morgan fingerprint density at radius 2 is 2.16 bits per heavy atom. The average Bonchev–Trinajstić information content (AvgIpc) is 2.59. The summed E-state index contributed by atoms with van der Waals surface area (Å²) in [6.07, 6.45) is 1.35. The number of anilines is 1. The number of hydrogen-bond acceptors (Lipinski definition) is 4. The molecule has 5 nitrogen and oxygen atoms in total. The molecule has 2 aromatic carbocycles. The number of ether oxygens (including phenoxy) is 1. The molecule has 0 saturated heterocycles. The highest BCUT2D eigenvalue weighted by Gasteiger charge is 2.14. The van der Waals surface area contributed by atoms with E-state index in [9.17, 15) is 19.6 Å². The van der Waals surface area contributed by atoms with E-state index in [0.29, 0.717) is 15.7 Å². The van der Waals surface area contributed by atoms with Gasteiger partial charge in [0, 0.05) is 0 Å². The zero-order chi connectivity index (χ0) is 18.4. The van der Waals surface area contributed by atoms with Crippen molar-refractivity contribution in [1.29, 1.82) is 5.26 Å². The highest BCUT2D eigenvalue weighted by molar-refractivity contribution is 14.1. The fourth-order valence-corrected chi connectivity index (χ4v) is 2.64. The fraction of sp³-hybridized carbons (Fsp3) is 0.111. The number of nitrogens with zero attached hydrogens (tertiary/aromatic N) is 1. The van der Waals surface area contributed by atoms with Gasteiger partial charge in [0.25, 0.3) is 5.91 Å². The number of nitriles is 1. The highest BCUT2D eigenvalue weighted by Crippen LogP contribution is 2.33. The van der Waals surface area contributed by atoms with Crippen molar-refractivity contribution >= 4 is 40.3 Å². The van der Waals surface area contributed by atoms with Gasteiger partial charge < -0.3 is 15.2 Å². The Morgan fingerprint density at radius 1 is 1.44 bits per heavy atom. The van der Waals surface area contributed by atoms with Crippen molar-refractivity contribution in [2.75, 3.05) is 11.9 Å². The van der Waals surface area contributed by atoms with Crippen molar-refractivity contribution in [3.8, 4) is 17.6 Å². The summed E-state index contributed by atoms with van der Waals surface area (Å²) in [6, 6.07) is 10.6. The molecule has 0 aromatic heterocycles. The highest BCUT2D eigenvalue weighted by atomic mass is 127. The van der Waals surface area contributed by atoms with E-state index in [4.69, 9.17) is 4.74 Å². The summed E-state index contributed by atoms with van der Waals surface area (Å²) < 4.78 is 19.5. The lowest BCUT2D eigenvalue weighted by molar-refractivity contribution is -0.112. The Morgan fingerprint density at radius 3 is 2.80 bits per heavy atom. The standard InChI is InChI=1S/C18H14FIN2O3/c1-2-25-16-9-11(8-14(20)17(16)23)7-12(10-21)18(24)22-15-6-4-3-5-13(15)19/h3-9,23H,2H2,1H3,(H,22,24)/b12-7+. The first-order valence-corrected chi connectivity index (χ1v) is 8.37. The summed E-state index contributed by atoms with van der Waals surface area (Å²) in [6.45, 7) is 2.13. The Labute approximate surface area is 157 Å². The molecule has 2 rings (SSSR count). The van der Waals surface area contributed by atoms with E-state index in [1.807, 2.05) is 22.6 Å². The zero-order valence-electron chi connectivity index (χ0n) is 13.2. The smallest absolute Gasteiger partial charge is 0.266 e. The van der Waals surface area contributed by atoms with Gasteiger partial charge in [0.2, 0.25) is 0 Å². The second-order valence-corrected chi connectivity index (χ2v) is 6.05. The predicted octanol–water partition coefficient (Wildman–Crippen LogP) is 4.08. The topological polar surface area (TPSA) is 82.3 Å². The van der Waals surface area contributed by atoms with Crippen LogP contribution < -0.4 is 10.1 Å². The van der Waals surface area contributed by atoms with Gasteiger partial charge in [-0.05, 0) is 65.4 Å². The van der Waals surface area contributed by atoms with Crippen LogP contribution in [0.25, 0.3) is 6.08 Å². The minimum atomic E-state index is -0.728. The first kappa shape index (κ1) is 18.7. The van der Waals surface area contributed by atoms with Crippen LogP contribution in [0.15, 0.2) is 42.0 Å². The van der Waals surface area contributed by atoms with Crippen LogP contribution in [0.2, 0.25) is 0 Å². The molecule has 7 heteroatoms. The van der Waals surface area contributed by atoms with Crippen LogP contribution in [0.4, 0.5) is 10.1 Å². The van der Waals surface area contributed by atoms with E-state index in [2.05, 4.69) is 5.32 Å². The lowest BCUT2D eigenvalue weighted by Crippen LogP contribution is -2.14. The monoisotopic (exact) mass is 452 g/mol. The molecule has 1 amide bonds. The molecule has 0 saturated carbocycles. The summed E-state index contributed by atoms with van der Waals surface area (Å²) in [5, 5.41) is 21.5. The second kappa shape index (κ2) is 8.48. The Bertz CT molecular complexity index is 875. The van der Waals surface area contributed by atoms with Crippen molar-refractivity contribution in [2.45, 2.75) is 6.92 Å². The Balaban J connectivity index is 2.32. The molecule has 2 N–H and O–H groups in total. The number of halogens is 2. The van der Waals surface area contributed by atoms with E-state index in [1.165, 1.54) is 30.3 Å². The maximum atomic E-state index is 13.6. The summed E-state index contributed by atoms with van der Waals surface area (Å²) in [5.74, 6) is -1.07. The van der Waals surface area contributed by atoms with Crippen LogP contribution in [-0.2, 0) is 4.79 Å². The minimum Gasteiger partial charge on any atom is -0.504 e. The number of hydrogen-bond donors (Lipinski definition) is 2. The number of carbonyl (C=O) groups is 1. The normalized spacial score (nSPS) is 10.9. The SMILES string of the molecule is CCOc1cc(/C=C(\C#N)C(=O)Nc2ccccc2F)cc(I)c1O. The Kier molecular flexibility index (Phi) is 6.36. The lowest BCUT2D eigenvalue weighted by Gasteiger charge is -2.09. The molecular weight excluding hydrogens is 438 g/mol. The van der Waals surface area contributed by atoms with Crippen LogP contribution in [0.3, 0.4) is 0 Å². The molecule has 0 radical (unpaired) electrons. The maximum absolute atomic E-state index is 13.6. The number of phenolic OH excluding ortho intramolecular Hbond substituents is 1. The van der Waals surface area contributed by atoms with Crippen molar-refractivity contribution in [3.05, 3.63) is 56.9 Å². The van der Waals surface area contributed by atoms with E-state index in [1.54, 1.807) is 25.1 Å². The summed E-state index contributed by atoms with van der Waals surface area (Å²) >= 11 is 1.92. The van der Waals surface area contributed by atoms with Gasteiger partial charge in [-0.2, -0.15) is 5.26 Å². The molecule has 0 atom stereocenters. The first-order chi connectivity index (χ1) is 12.0. The average molecular weight is 452 g/mol. The molecular formula is C18H14FIN2O3. The number of rotatable bonds is 5. The molecule has 0 fully saturated rings. The quantitative estimate of drug-likeness (QED) is 0.407. The minimum absolute atomic E-state index is 0.00563. The van der Waals surface area contributed by atoms with Gasteiger partial charge in [0.15, 0.2) is 11.5 Å². The third-order valence-corrected chi connectivity index (χ3v) is 3.97. The summed E-state index contributed by atoms with van der Waals surface area (Å²) in [4.78, 5) is 12.2. The van der Waals surface area contributed by atoms with Crippen molar-refractivity contribution in [1.82, 2.24) is 0 Å². The number of nitrogens with one attached hydrogen (secondary N) is 1. The summed E-state index contributed by atoms with van der Waals surface area (Å²) in [5.41, 5.74) is 0.294. The van der Waals surface area contributed by atoms with Crippen LogP contribution >= 0.6 is 22.6 Å². The third-order valence-electron chi connectivity index (χ3n) is 3.15. The van der Waals surface area contributed by atoms with Gasteiger partial charge >= 0.3 is 0 Å². The molecule has 0 unspecified atom stereocenters. The number of benzene rings is 2. The second-order valence-electron chi connectivity index (χ2n) is 4.89. The van der Waals surface area contributed by atoms with E-state index < -0.39 is 11.7 Å². The number of amides is 1. The lowest BCUT2D eigenvalue weighted by atomic mass is 10.1. The molecule has 128 valence electrons. The van der Waals surface area contributed by atoms with Crippen LogP contribution in [0.5, 0.6) is 11.5 Å². The van der Waals surface area contributed by atoms with Gasteiger partial charge in [-0.3, -0.25) is 4.79 Å². The maximum Gasteiger partial charge on any atom is 0.266 e. The molecule has 2 aromatic rings. The van der Waals surface area contributed by atoms with E-state index in [0.717, 1.165) is 0 Å². The molecule has 0 heterocycles. The number of carbonyl (C=O) groups excluding carboxylic acids is 1. The van der Waals surface area contributed by atoms with Crippen molar-refractivity contribution in [3.63, 3.8) is 0 Å². The fourth-order valence-electron chi connectivity index (χ4n) is 2.01. The molecule has 0 aliphatic heterocycles. The number of phenols is 1. The van der Waals surface area contributed by atoms with Crippen molar-refractivity contribution in [2.24, 2.45) is 0 Å². The summed E-state index contributed by atoms with van der Waals surface area (Å²) in [7, 11) is 0. The van der Waals surface area contributed by atoms with Crippen LogP contribution in [0.1, 0.15) is 12.5 Å². The van der Waals surface area contributed by atoms with Crippen molar-refractivity contribution < 1.29 is 19.0 Å². The predicted molar refractivity (Wildman–Crippen MR) is 101 cm³/mol.